The van der Waals surface area contributed by atoms with Crippen molar-refractivity contribution in [1.82, 2.24) is 14.9 Å². The molecule has 1 aromatic carbocycles. The highest BCUT2D eigenvalue weighted by Gasteiger charge is 2.31. The highest BCUT2D eigenvalue weighted by molar-refractivity contribution is 7.99. The average molecular weight is 473 g/mol. The highest BCUT2D eigenvalue weighted by Crippen LogP contribution is 2.30. The second-order valence-electron chi connectivity index (χ2n) is 7.75. The zero-order valence-corrected chi connectivity index (χ0v) is 19.4. The van der Waals surface area contributed by atoms with Gasteiger partial charge in [-0.25, -0.2) is 4.98 Å². The summed E-state index contributed by atoms with van der Waals surface area (Å²) in [5.74, 6) is 3.50. The molecule has 32 heavy (non-hydrogen) atoms. The molecule has 10 heteroatoms. The van der Waals surface area contributed by atoms with Crippen molar-refractivity contribution in [3.8, 4) is 11.6 Å². The van der Waals surface area contributed by atoms with E-state index in [0.717, 1.165) is 33.8 Å². The van der Waals surface area contributed by atoms with Crippen LogP contribution in [0.5, 0.6) is 11.6 Å². The summed E-state index contributed by atoms with van der Waals surface area (Å²) in [6.45, 7) is 2.11. The molecule has 0 aliphatic carbocycles. The number of H-pyrrole nitrogens is 1. The predicted octanol–water partition coefficient (Wildman–Crippen LogP) is 4.71. The first kappa shape index (κ1) is 22.5. The number of nitro groups is 1. The first-order valence-electron chi connectivity index (χ1n) is 10.2. The summed E-state index contributed by atoms with van der Waals surface area (Å²) < 4.78 is 5.81. The largest absolute Gasteiger partial charge is 0.439 e. The van der Waals surface area contributed by atoms with Gasteiger partial charge in [-0.05, 0) is 43.4 Å². The molecule has 8 nitrogen and oxygen atoms in total. The molecule has 1 saturated heterocycles. The lowest BCUT2D eigenvalue weighted by atomic mass is 9.98. The molecule has 2 aromatic heterocycles. The average Bonchev–Trinajstić information content (AvgIpc) is 3.39. The Morgan fingerprint density at radius 3 is 2.94 bits per heavy atom. The summed E-state index contributed by atoms with van der Waals surface area (Å²) in [4.78, 5) is 32.8. The zero-order valence-electron chi connectivity index (χ0n) is 17.8. The molecular weight excluding hydrogens is 448 g/mol. The number of fused-ring (bicyclic) bond motifs is 1. The molecule has 0 unspecified atom stereocenters. The van der Waals surface area contributed by atoms with Gasteiger partial charge in [0.2, 0.25) is 11.8 Å². The van der Waals surface area contributed by atoms with Crippen molar-refractivity contribution in [2.24, 2.45) is 5.92 Å². The number of thioether (sulfide) groups is 2. The third kappa shape index (κ3) is 4.86. The lowest BCUT2D eigenvalue weighted by Crippen LogP contribution is -2.40. The Bertz CT molecular complexity index is 1120. The second-order valence-corrected chi connectivity index (χ2v) is 9.66. The number of hydrogen-bond acceptors (Lipinski definition) is 7. The maximum atomic E-state index is 13.2. The molecule has 168 valence electrons. The molecule has 2 atom stereocenters. The molecule has 0 bridgehead atoms. The van der Waals surface area contributed by atoms with Crippen molar-refractivity contribution in [2.45, 2.75) is 19.4 Å². The van der Waals surface area contributed by atoms with Crippen molar-refractivity contribution >= 4 is 46.0 Å². The number of rotatable bonds is 8. The number of benzene rings is 1. The van der Waals surface area contributed by atoms with Gasteiger partial charge in [-0.1, -0.05) is 0 Å². The van der Waals surface area contributed by atoms with E-state index in [1.807, 2.05) is 35.6 Å². The van der Waals surface area contributed by atoms with E-state index in [1.54, 1.807) is 23.5 Å². The molecule has 3 aromatic rings. The molecule has 1 N–H and O–H groups in total. The van der Waals surface area contributed by atoms with Crippen LogP contribution in [-0.4, -0.2) is 55.4 Å². The van der Waals surface area contributed by atoms with E-state index >= 15 is 0 Å². The summed E-state index contributed by atoms with van der Waals surface area (Å²) >= 11 is 3.49. The molecule has 4 rings (SSSR count). The van der Waals surface area contributed by atoms with Gasteiger partial charge in [0.1, 0.15) is 11.9 Å². The number of ether oxygens (including phenoxy) is 1. The van der Waals surface area contributed by atoms with Crippen LogP contribution in [0.3, 0.4) is 0 Å². The third-order valence-electron chi connectivity index (χ3n) is 5.48. The Balaban J connectivity index is 1.54. The van der Waals surface area contributed by atoms with E-state index in [1.165, 1.54) is 18.3 Å². The van der Waals surface area contributed by atoms with Crippen molar-refractivity contribution in [3.63, 3.8) is 0 Å². The first-order valence-corrected chi connectivity index (χ1v) is 12.8. The van der Waals surface area contributed by atoms with Crippen LogP contribution in [0.25, 0.3) is 10.9 Å². The summed E-state index contributed by atoms with van der Waals surface area (Å²) in [5, 5.41) is 11.8. The van der Waals surface area contributed by atoms with Crippen LogP contribution in [0.1, 0.15) is 12.5 Å². The topological polar surface area (TPSA) is 101 Å². The van der Waals surface area contributed by atoms with Gasteiger partial charge in [0.05, 0.1) is 16.7 Å². The molecule has 1 aliphatic heterocycles. The summed E-state index contributed by atoms with van der Waals surface area (Å²) in [6, 6.07) is 8.76. The molecular formula is C22H24N4O4S2. The predicted molar refractivity (Wildman–Crippen MR) is 128 cm³/mol. The number of amides is 1. The number of nitrogens with one attached hydrogen (secondary N) is 1. The monoisotopic (exact) mass is 472 g/mol. The molecule has 1 fully saturated rings. The fourth-order valence-corrected chi connectivity index (χ4v) is 5.66. The highest BCUT2D eigenvalue weighted by atomic mass is 32.2. The fraction of sp³-hybridized carbons (Fsp3) is 0.364. The minimum Gasteiger partial charge on any atom is -0.439 e. The van der Waals surface area contributed by atoms with Gasteiger partial charge < -0.3 is 14.6 Å². The van der Waals surface area contributed by atoms with Crippen LogP contribution >= 0.6 is 23.5 Å². The van der Waals surface area contributed by atoms with Gasteiger partial charge in [-0.15, -0.1) is 11.8 Å². The van der Waals surface area contributed by atoms with Crippen molar-refractivity contribution in [3.05, 3.63) is 58.4 Å². The van der Waals surface area contributed by atoms with Gasteiger partial charge in [0.25, 0.3) is 5.69 Å². The zero-order chi connectivity index (χ0) is 22.7. The molecule has 1 amide bonds. The second kappa shape index (κ2) is 9.83. The van der Waals surface area contributed by atoms with E-state index < -0.39 is 4.92 Å². The van der Waals surface area contributed by atoms with Crippen LogP contribution in [0.15, 0.2) is 42.7 Å². The molecule has 3 heterocycles. The van der Waals surface area contributed by atoms with E-state index in [-0.39, 0.29) is 29.4 Å². The lowest BCUT2D eigenvalue weighted by Gasteiger charge is -2.26. The number of pyridine rings is 1. The van der Waals surface area contributed by atoms with Gasteiger partial charge in [0.15, 0.2) is 0 Å². The minimum absolute atomic E-state index is 0.0871. The maximum Gasteiger partial charge on any atom is 0.287 e. The van der Waals surface area contributed by atoms with E-state index in [4.69, 9.17) is 4.74 Å². The van der Waals surface area contributed by atoms with Crippen LogP contribution in [0.2, 0.25) is 0 Å². The van der Waals surface area contributed by atoms with E-state index in [9.17, 15) is 14.9 Å². The Morgan fingerprint density at radius 1 is 1.44 bits per heavy atom. The number of aromatic amines is 1. The maximum absolute atomic E-state index is 13.2. The molecule has 0 saturated carbocycles. The van der Waals surface area contributed by atoms with Crippen LogP contribution in [-0.2, 0) is 11.2 Å². The van der Waals surface area contributed by atoms with Crippen LogP contribution < -0.4 is 4.74 Å². The van der Waals surface area contributed by atoms with Gasteiger partial charge in [-0.3, -0.25) is 14.9 Å². The Labute approximate surface area is 194 Å². The van der Waals surface area contributed by atoms with E-state index in [2.05, 4.69) is 16.9 Å². The van der Waals surface area contributed by atoms with Crippen molar-refractivity contribution < 1.29 is 14.5 Å². The number of aromatic nitrogens is 2. The fourth-order valence-electron chi connectivity index (χ4n) is 3.79. The molecule has 0 radical (unpaired) electrons. The Morgan fingerprint density at radius 2 is 2.28 bits per heavy atom. The molecule has 1 aliphatic rings. The number of hydrogen-bond donors (Lipinski definition) is 1. The Hall–Kier alpha value is -2.72. The van der Waals surface area contributed by atoms with E-state index in [0.29, 0.717) is 12.2 Å². The Kier molecular flexibility index (Phi) is 6.90. The van der Waals surface area contributed by atoms with Gasteiger partial charge >= 0.3 is 0 Å². The number of carbonyl (C=O) groups is 1. The number of nitrogens with zero attached hydrogens (tertiary/aromatic N) is 3. The van der Waals surface area contributed by atoms with Crippen molar-refractivity contribution in [1.29, 1.82) is 0 Å². The van der Waals surface area contributed by atoms with Gasteiger partial charge in [0, 0.05) is 46.8 Å². The van der Waals surface area contributed by atoms with Crippen LogP contribution in [0.4, 0.5) is 5.69 Å². The summed E-state index contributed by atoms with van der Waals surface area (Å²) in [5.41, 5.74) is 1.94. The summed E-state index contributed by atoms with van der Waals surface area (Å²) in [7, 11) is 0. The lowest BCUT2D eigenvalue weighted by molar-refractivity contribution is -0.385. The third-order valence-corrected chi connectivity index (χ3v) is 7.40. The SMILES string of the molecule is CSC[C@@H](Cc1c[nH]c2ccc(Oc3ccc([N+](=O)[O-])cn3)cc12)C(=O)N1CSC[C@@H]1C. The normalized spacial score (nSPS) is 16.9. The minimum atomic E-state index is -0.497. The molecule has 0 spiro atoms. The van der Waals surface area contributed by atoms with Gasteiger partial charge in [-0.2, -0.15) is 11.8 Å². The smallest absolute Gasteiger partial charge is 0.287 e. The van der Waals surface area contributed by atoms with Crippen molar-refractivity contribution in [2.75, 3.05) is 23.6 Å². The standard InChI is InChI=1S/C22H24N4O4S2/c1-14-11-32-13-25(14)22(27)16(12-31-2)7-15-9-23-20-5-4-18(8-19(15)20)30-21-6-3-17(10-24-21)26(28)29/h3-6,8-10,14,16,23H,7,11-13H2,1-2H3/t14-,16+/m0/s1. The summed E-state index contributed by atoms with van der Waals surface area (Å²) in [6.07, 6.45) is 5.81. The first-order chi connectivity index (χ1) is 15.5. The quantitative estimate of drug-likeness (QED) is 0.374. The van der Waals surface area contributed by atoms with Crippen LogP contribution in [0, 0.1) is 16.0 Å². The number of carbonyl (C=O) groups excluding carboxylic acids is 1.